The zero-order valence-corrected chi connectivity index (χ0v) is 24.1. The second-order valence-corrected chi connectivity index (χ2v) is 11.5. The van der Waals surface area contributed by atoms with E-state index < -0.39 is 21.7 Å². The van der Waals surface area contributed by atoms with Gasteiger partial charge in [-0.2, -0.15) is 0 Å². The summed E-state index contributed by atoms with van der Waals surface area (Å²) in [5.74, 6) is 1.33. The quantitative estimate of drug-likeness (QED) is 0.307. The second-order valence-electron chi connectivity index (χ2n) is 9.46. The Kier molecular flexibility index (Phi) is 11.1. The van der Waals surface area contributed by atoms with E-state index >= 15 is 0 Å². The largest absolute Gasteiger partial charge is 0.493 e. The minimum Gasteiger partial charge on any atom is -0.493 e. The van der Waals surface area contributed by atoms with Gasteiger partial charge in [0.15, 0.2) is 32.8 Å². The number of benzene rings is 2. The van der Waals surface area contributed by atoms with Crippen molar-refractivity contribution in [2.24, 2.45) is 0 Å². The molecule has 39 heavy (non-hydrogen) atoms. The fourth-order valence-corrected chi connectivity index (χ4v) is 6.12. The first kappa shape index (κ1) is 30.8. The van der Waals surface area contributed by atoms with Gasteiger partial charge in [-0.3, -0.25) is 0 Å². The van der Waals surface area contributed by atoms with Crippen LogP contribution < -0.4 is 23.7 Å². The second kappa shape index (κ2) is 14.1. The summed E-state index contributed by atoms with van der Waals surface area (Å²) in [6, 6.07) is 7.08. The van der Waals surface area contributed by atoms with Gasteiger partial charge in [-0.1, -0.05) is 6.92 Å². The molecular weight excluding hydrogens is 528 g/mol. The highest BCUT2D eigenvalue weighted by molar-refractivity contribution is 7.91. The highest BCUT2D eigenvalue weighted by atomic mass is 32.2. The highest BCUT2D eigenvalue weighted by Gasteiger charge is 2.33. The number of aliphatic hydroxyl groups excluding tert-OH is 2. The molecule has 3 atom stereocenters. The van der Waals surface area contributed by atoms with Crippen molar-refractivity contribution in [1.82, 2.24) is 0 Å². The van der Waals surface area contributed by atoms with Gasteiger partial charge in [-0.25, -0.2) is 8.42 Å². The summed E-state index contributed by atoms with van der Waals surface area (Å²) in [4.78, 5) is -0.0235. The minimum atomic E-state index is -3.91. The van der Waals surface area contributed by atoms with Crippen LogP contribution in [0.4, 0.5) is 0 Å². The van der Waals surface area contributed by atoms with Crippen molar-refractivity contribution in [2.75, 3.05) is 53.5 Å². The van der Waals surface area contributed by atoms with E-state index in [0.717, 1.165) is 11.1 Å². The molecule has 2 aromatic rings. The highest BCUT2D eigenvalue weighted by Crippen LogP contribution is 2.47. The van der Waals surface area contributed by atoms with Gasteiger partial charge in [0.2, 0.25) is 5.75 Å². The molecule has 0 radical (unpaired) electrons. The van der Waals surface area contributed by atoms with Crippen molar-refractivity contribution < 1.29 is 47.1 Å². The zero-order valence-electron chi connectivity index (χ0n) is 23.3. The van der Waals surface area contributed by atoms with Crippen LogP contribution >= 0.6 is 0 Å². The average Bonchev–Trinajstić information content (AvgIpc) is 3.41. The molecule has 0 aliphatic carbocycles. The lowest BCUT2D eigenvalue weighted by molar-refractivity contribution is 0.110. The lowest BCUT2D eigenvalue weighted by atomic mass is 9.93. The first-order valence-corrected chi connectivity index (χ1v) is 14.7. The SMILES string of the molecule is CCCOc1c(OCCCO)cc([C@H]2CO[C@H](c3cc(OC)c(OC)c(OC)c3)C2)cc1S(=O)(=O)C[C@@H](C)O. The summed E-state index contributed by atoms with van der Waals surface area (Å²) in [7, 11) is 0.733. The summed E-state index contributed by atoms with van der Waals surface area (Å²) in [6.07, 6.45) is 0.260. The van der Waals surface area contributed by atoms with Crippen LogP contribution in [-0.2, 0) is 14.6 Å². The van der Waals surface area contributed by atoms with Gasteiger partial charge in [0.25, 0.3) is 0 Å². The van der Waals surface area contributed by atoms with Crippen molar-refractivity contribution >= 4 is 9.84 Å². The topological polar surface area (TPSA) is 130 Å². The summed E-state index contributed by atoms with van der Waals surface area (Å²) >= 11 is 0. The third-order valence-corrected chi connectivity index (χ3v) is 8.27. The predicted octanol–water partition coefficient (Wildman–Crippen LogP) is 3.66. The molecule has 0 bridgehead atoms. The number of sulfone groups is 1. The Hall–Kier alpha value is -2.73. The van der Waals surface area contributed by atoms with E-state index in [2.05, 4.69) is 0 Å². The van der Waals surface area contributed by atoms with Gasteiger partial charge in [0.05, 0.1) is 59.1 Å². The van der Waals surface area contributed by atoms with E-state index in [1.54, 1.807) is 33.5 Å². The van der Waals surface area contributed by atoms with Crippen molar-refractivity contribution in [3.05, 3.63) is 35.4 Å². The lowest BCUT2D eigenvalue weighted by Crippen LogP contribution is -2.19. The number of hydrogen-bond acceptors (Lipinski definition) is 10. The minimum absolute atomic E-state index is 0.0235. The number of ether oxygens (including phenoxy) is 6. The third kappa shape index (κ3) is 7.47. The molecule has 10 nitrogen and oxygen atoms in total. The standard InChI is InChI=1S/C28H40O10S/c1-6-9-37-28-25(36-10-7-8-29)11-19(15-26(28)39(31,32)17-18(2)30)21-14-22(38-16-21)20-12-23(33-3)27(35-5)24(13-20)34-4/h11-13,15,18,21-22,29-30H,6-10,14,16-17H2,1-5H3/t18-,21-,22+/m1/s1. The van der Waals surface area contributed by atoms with Crippen LogP contribution in [0.2, 0.25) is 0 Å². The smallest absolute Gasteiger partial charge is 0.203 e. The summed E-state index contributed by atoms with van der Waals surface area (Å²) in [5, 5.41) is 19.1. The Morgan fingerprint density at radius 1 is 0.949 bits per heavy atom. The number of rotatable bonds is 15. The fraction of sp³-hybridized carbons (Fsp3) is 0.571. The van der Waals surface area contributed by atoms with Crippen LogP contribution in [0.1, 0.15) is 56.3 Å². The van der Waals surface area contributed by atoms with Crippen LogP contribution in [0.5, 0.6) is 28.7 Å². The van der Waals surface area contributed by atoms with Crippen molar-refractivity contribution in [3.8, 4) is 28.7 Å². The maximum absolute atomic E-state index is 13.4. The van der Waals surface area contributed by atoms with Crippen LogP contribution in [0.3, 0.4) is 0 Å². The van der Waals surface area contributed by atoms with Crippen LogP contribution in [0.15, 0.2) is 29.2 Å². The third-order valence-electron chi connectivity index (χ3n) is 6.38. The Morgan fingerprint density at radius 3 is 2.18 bits per heavy atom. The van der Waals surface area contributed by atoms with E-state index in [1.165, 1.54) is 6.92 Å². The molecule has 0 saturated carbocycles. The fourth-order valence-electron chi connectivity index (χ4n) is 4.55. The molecule has 0 unspecified atom stereocenters. The Morgan fingerprint density at radius 2 is 1.62 bits per heavy atom. The van der Waals surface area contributed by atoms with Crippen molar-refractivity contribution in [3.63, 3.8) is 0 Å². The van der Waals surface area contributed by atoms with E-state index in [-0.39, 0.29) is 41.6 Å². The van der Waals surface area contributed by atoms with Crippen molar-refractivity contribution in [1.29, 1.82) is 0 Å². The molecule has 218 valence electrons. The molecule has 0 aromatic heterocycles. The molecule has 0 spiro atoms. The predicted molar refractivity (Wildman–Crippen MR) is 145 cm³/mol. The molecule has 1 saturated heterocycles. The van der Waals surface area contributed by atoms with Gasteiger partial charge in [-0.05, 0) is 55.2 Å². The van der Waals surface area contributed by atoms with Crippen LogP contribution in [0.25, 0.3) is 0 Å². The Balaban J connectivity index is 2.03. The van der Waals surface area contributed by atoms with Crippen LogP contribution in [0, 0.1) is 0 Å². The number of methoxy groups -OCH3 is 3. The maximum Gasteiger partial charge on any atom is 0.203 e. The molecule has 3 rings (SSSR count). The van der Waals surface area contributed by atoms with Gasteiger partial charge < -0.3 is 38.6 Å². The van der Waals surface area contributed by atoms with Crippen molar-refractivity contribution in [2.45, 2.75) is 56.1 Å². The number of hydrogen-bond donors (Lipinski definition) is 2. The number of aliphatic hydroxyl groups is 2. The zero-order chi connectivity index (χ0) is 28.6. The summed E-state index contributed by atoms with van der Waals surface area (Å²) in [6.45, 7) is 4.12. The monoisotopic (exact) mass is 568 g/mol. The summed E-state index contributed by atoms with van der Waals surface area (Å²) in [5.41, 5.74) is 1.56. The van der Waals surface area contributed by atoms with Gasteiger partial charge in [-0.15, -0.1) is 0 Å². The molecule has 1 aliphatic rings. The van der Waals surface area contributed by atoms with Crippen LogP contribution in [-0.4, -0.2) is 78.2 Å². The Bertz CT molecular complexity index is 1170. The van der Waals surface area contributed by atoms with E-state index in [0.29, 0.717) is 49.7 Å². The molecule has 11 heteroatoms. The summed E-state index contributed by atoms with van der Waals surface area (Å²) < 4.78 is 61.1. The molecule has 2 aromatic carbocycles. The molecule has 1 heterocycles. The molecule has 1 fully saturated rings. The first-order valence-electron chi connectivity index (χ1n) is 13.1. The molecule has 0 amide bonds. The Labute approximate surface area is 230 Å². The normalized spacial score (nSPS) is 18.0. The molecule has 2 N–H and O–H groups in total. The molecule has 1 aliphatic heterocycles. The average molecular weight is 569 g/mol. The maximum atomic E-state index is 13.4. The van der Waals surface area contributed by atoms with E-state index in [9.17, 15) is 18.6 Å². The van der Waals surface area contributed by atoms with E-state index in [1.807, 2.05) is 19.1 Å². The van der Waals surface area contributed by atoms with Gasteiger partial charge >= 0.3 is 0 Å². The molecular formula is C28H40O10S. The lowest BCUT2D eigenvalue weighted by Gasteiger charge is -2.20. The van der Waals surface area contributed by atoms with Gasteiger partial charge in [0.1, 0.15) is 4.90 Å². The first-order chi connectivity index (χ1) is 18.7. The van der Waals surface area contributed by atoms with Gasteiger partial charge in [0, 0.05) is 18.9 Å². The van der Waals surface area contributed by atoms with E-state index in [4.69, 9.17) is 28.4 Å².